The van der Waals surface area contributed by atoms with Gasteiger partial charge in [-0.3, -0.25) is 9.59 Å². The van der Waals surface area contributed by atoms with Gasteiger partial charge < -0.3 is 30.1 Å². The maximum atomic E-state index is 12.9. The highest BCUT2D eigenvalue weighted by molar-refractivity contribution is 6.13. The number of ether oxygens (including phenoxy) is 1. The molecule has 1 fully saturated rings. The van der Waals surface area contributed by atoms with E-state index in [1.54, 1.807) is 42.4 Å². The lowest BCUT2D eigenvalue weighted by atomic mass is 10.1. The summed E-state index contributed by atoms with van der Waals surface area (Å²) in [7, 11) is 5.78. The van der Waals surface area contributed by atoms with Crippen molar-refractivity contribution < 1.29 is 18.7 Å². The molecule has 0 saturated carbocycles. The summed E-state index contributed by atoms with van der Waals surface area (Å²) in [5, 5.41) is 6.51. The molecule has 0 bridgehead atoms. The number of nitrogens with zero attached hydrogens (tertiary/aromatic N) is 4. The summed E-state index contributed by atoms with van der Waals surface area (Å²) < 4.78 is 18.1. The van der Waals surface area contributed by atoms with E-state index in [-0.39, 0.29) is 12.5 Å². The third kappa shape index (κ3) is 6.71. The van der Waals surface area contributed by atoms with Crippen molar-refractivity contribution in [1.82, 2.24) is 15.2 Å². The highest BCUT2D eigenvalue weighted by Crippen LogP contribution is 2.40. The van der Waals surface area contributed by atoms with Crippen LogP contribution in [0.25, 0.3) is 0 Å². The van der Waals surface area contributed by atoms with Crippen molar-refractivity contribution in [3.8, 4) is 5.75 Å². The first-order valence-electron chi connectivity index (χ1n) is 13.0. The van der Waals surface area contributed by atoms with Crippen molar-refractivity contribution in [2.75, 3.05) is 75.7 Å². The van der Waals surface area contributed by atoms with Crippen LogP contribution < -0.4 is 25.2 Å². The van der Waals surface area contributed by atoms with E-state index in [9.17, 15) is 14.0 Å². The summed E-state index contributed by atoms with van der Waals surface area (Å²) in [6.45, 7) is 4.06. The fourth-order valence-corrected chi connectivity index (χ4v) is 4.50. The number of halogens is 1. The van der Waals surface area contributed by atoms with Crippen LogP contribution in [0.4, 0.5) is 33.0 Å². The zero-order chi connectivity index (χ0) is 27.8. The number of hydrogen-bond acceptors (Lipinski definition) is 8. The Morgan fingerprint density at radius 1 is 1.03 bits per heavy atom. The Bertz CT molecular complexity index is 1300. The summed E-state index contributed by atoms with van der Waals surface area (Å²) in [6.07, 6.45) is 3.63. The Kier molecular flexibility index (Phi) is 9.45. The number of pyridine rings is 1. The fourth-order valence-electron chi connectivity index (χ4n) is 4.50. The molecule has 2 aliphatic heterocycles. The van der Waals surface area contributed by atoms with Crippen LogP contribution in [0.15, 0.2) is 54.7 Å². The lowest BCUT2D eigenvalue weighted by Crippen LogP contribution is -2.25. The number of nitrogens with one attached hydrogen (secondary N) is 2. The predicted octanol–water partition coefficient (Wildman–Crippen LogP) is 4.26. The van der Waals surface area contributed by atoms with Gasteiger partial charge in [0, 0.05) is 38.8 Å². The van der Waals surface area contributed by atoms with E-state index in [1.807, 2.05) is 36.2 Å². The number of carbonyl (C=O) groups is 2. The summed E-state index contributed by atoms with van der Waals surface area (Å²) >= 11 is 0. The van der Waals surface area contributed by atoms with Crippen LogP contribution >= 0.6 is 0 Å². The highest BCUT2D eigenvalue weighted by atomic mass is 19.1. The molecular weight excluding hydrogens is 499 g/mol. The lowest BCUT2D eigenvalue weighted by molar-refractivity contribution is 0.0994. The van der Waals surface area contributed by atoms with Crippen LogP contribution in [0.5, 0.6) is 5.75 Å². The Balaban J connectivity index is 0.000000379. The van der Waals surface area contributed by atoms with E-state index in [0.717, 1.165) is 17.9 Å². The van der Waals surface area contributed by atoms with Gasteiger partial charge in [0.1, 0.15) is 31.1 Å². The molecular formula is C29H35FN6O3. The zero-order valence-corrected chi connectivity index (χ0v) is 22.6. The highest BCUT2D eigenvalue weighted by Gasteiger charge is 2.27. The predicted molar refractivity (Wildman–Crippen MR) is 153 cm³/mol. The average molecular weight is 535 g/mol. The van der Waals surface area contributed by atoms with Gasteiger partial charge in [0.2, 0.25) is 0 Å². The van der Waals surface area contributed by atoms with E-state index in [4.69, 9.17) is 4.74 Å². The van der Waals surface area contributed by atoms with E-state index < -0.39 is 6.67 Å². The summed E-state index contributed by atoms with van der Waals surface area (Å²) in [4.78, 5) is 34.3. The van der Waals surface area contributed by atoms with Crippen molar-refractivity contribution in [3.63, 3.8) is 0 Å². The van der Waals surface area contributed by atoms with Crippen molar-refractivity contribution in [1.29, 1.82) is 0 Å². The van der Waals surface area contributed by atoms with Crippen LogP contribution in [-0.2, 0) is 0 Å². The van der Waals surface area contributed by atoms with Gasteiger partial charge in [-0.05, 0) is 56.9 Å². The maximum absolute atomic E-state index is 12.9. The molecule has 0 aliphatic carbocycles. The number of likely N-dealkylation sites (N-methyl/N-ethyl adjacent to an activating group) is 1. The van der Waals surface area contributed by atoms with Crippen molar-refractivity contribution in [2.45, 2.75) is 6.42 Å². The topological polar surface area (TPSA) is 90.0 Å². The molecule has 1 aromatic heterocycles. The van der Waals surface area contributed by atoms with Crippen molar-refractivity contribution in [3.05, 3.63) is 65.9 Å². The number of para-hydroxylation sites is 1. The van der Waals surface area contributed by atoms with Gasteiger partial charge in [-0.1, -0.05) is 12.1 Å². The van der Waals surface area contributed by atoms with E-state index >= 15 is 0 Å². The number of fused-ring (bicyclic) bond motifs is 2. The van der Waals surface area contributed by atoms with Gasteiger partial charge in [-0.25, -0.2) is 9.37 Å². The van der Waals surface area contributed by atoms with Crippen LogP contribution in [0, 0.1) is 0 Å². The molecule has 3 heterocycles. The molecule has 0 radical (unpaired) electrons. The normalized spacial score (nSPS) is 15.2. The van der Waals surface area contributed by atoms with E-state index in [1.165, 1.54) is 26.1 Å². The quantitative estimate of drug-likeness (QED) is 0.454. The molecule has 3 aromatic rings. The van der Waals surface area contributed by atoms with E-state index in [0.29, 0.717) is 40.4 Å². The number of benzene rings is 2. The number of aldehydes is 1. The third-order valence-corrected chi connectivity index (χ3v) is 6.69. The molecule has 206 valence electrons. The first-order valence-corrected chi connectivity index (χ1v) is 13.0. The Morgan fingerprint density at radius 2 is 1.85 bits per heavy atom. The van der Waals surface area contributed by atoms with Gasteiger partial charge >= 0.3 is 0 Å². The second-order valence-corrected chi connectivity index (χ2v) is 9.44. The first-order chi connectivity index (χ1) is 18.9. The summed E-state index contributed by atoms with van der Waals surface area (Å²) in [5.41, 5.74) is 3.81. The first kappa shape index (κ1) is 28.0. The Hall–Kier alpha value is -4.02. The minimum atomic E-state index is -0.646. The van der Waals surface area contributed by atoms with Crippen LogP contribution in [-0.4, -0.2) is 82.7 Å². The maximum Gasteiger partial charge on any atom is 0.260 e. The summed E-state index contributed by atoms with van der Waals surface area (Å²) in [5.74, 6) is 0.745. The van der Waals surface area contributed by atoms with Gasteiger partial charge in [-0.2, -0.15) is 0 Å². The second kappa shape index (κ2) is 13.2. The molecule has 39 heavy (non-hydrogen) atoms. The zero-order valence-electron chi connectivity index (χ0n) is 22.6. The molecule has 2 N–H and O–H groups in total. The molecule has 0 atom stereocenters. The lowest BCUT2D eigenvalue weighted by Gasteiger charge is -2.23. The monoisotopic (exact) mass is 534 g/mol. The van der Waals surface area contributed by atoms with E-state index in [2.05, 4.69) is 27.6 Å². The minimum absolute atomic E-state index is 0.116. The van der Waals surface area contributed by atoms with Crippen LogP contribution in [0.1, 0.15) is 27.1 Å². The fraction of sp³-hybridized carbons (Fsp3) is 0.345. The molecule has 5 rings (SSSR count). The van der Waals surface area contributed by atoms with Crippen LogP contribution in [0.3, 0.4) is 0 Å². The number of rotatable bonds is 6. The Morgan fingerprint density at radius 3 is 2.64 bits per heavy atom. The molecule has 2 aliphatic rings. The van der Waals surface area contributed by atoms with Gasteiger partial charge in [0.15, 0.2) is 0 Å². The number of carbonyl (C=O) groups excluding carboxylic acids is 2. The molecule has 0 unspecified atom stereocenters. The average Bonchev–Trinajstić information content (AvgIpc) is 3.26. The number of alkyl halides is 1. The largest absolute Gasteiger partial charge is 0.489 e. The van der Waals surface area contributed by atoms with Crippen molar-refractivity contribution in [2.24, 2.45) is 0 Å². The standard InChI is InChI=1S/C23H21FN4O3.C6H14N2/c1-27-18-6-4-3-5-16(18)23(30)28(2)20-13-25-22(12-19(20)27)26-17-8-7-15(14-29)11-21(17)31-10-9-24;1-8-5-2-3-7-4-6-8/h3-8,11-14H,9-10H2,1-2H3,(H,25,26);7H,2-6H2,1H3. The number of hydrogen-bond donors (Lipinski definition) is 2. The molecule has 0 spiro atoms. The molecule has 9 nitrogen and oxygen atoms in total. The molecule has 10 heteroatoms. The number of aromatic nitrogens is 1. The molecule has 1 saturated heterocycles. The van der Waals surface area contributed by atoms with Gasteiger partial charge in [0.05, 0.1) is 34.5 Å². The SMILES string of the molecule is CN1C(=O)c2ccccc2N(C)c2cc(Nc3ccc(C=O)cc3OCCF)ncc21.CN1CCCNCC1. The van der Waals surface area contributed by atoms with Gasteiger partial charge in [0.25, 0.3) is 5.91 Å². The minimum Gasteiger partial charge on any atom is -0.489 e. The second-order valence-electron chi connectivity index (χ2n) is 9.44. The van der Waals surface area contributed by atoms with Crippen LogP contribution in [0.2, 0.25) is 0 Å². The number of anilines is 5. The molecule has 2 aromatic carbocycles. The number of amides is 1. The Labute approximate surface area is 228 Å². The molecule has 1 amide bonds. The summed E-state index contributed by atoms with van der Waals surface area (Å²) in [6, 6.07) is 14.1. The smallest absolute Gasteiger partial charge is 0.260 e. The van der Waals surface area contributed by atoms with Gasteiger partial charge in [-0.15, -0.1) is 0 Å². The van der Waals surface area contributed by atoms with Crippen molar-refractivity contribution >= 4 is 40.8 Å². The third-order valence-electron chi connectivity index (χ3n) is 6.69.